The van der Waals surface area contributed by atoms with Crippen LogP contribution in [0.3, 0.4) is 0 Å². The SMILES string of the molecule is CCN(CC(=O)Nc1c(C)cccc1C)CC(C)(C)CN. The van der Waals surface area contributed by atoms with Gasteiger partial charge in [0.1, 0.15) is 0 Å². The van der Waals surface area contributed by atoms with Crippen LogP contribution in [-0.2, 0) is 4.79 Å². The number of amides is 1. The van der Waals surface area contributed by atoms with Crippen LogP contribution in [0, 0.1) is 19.3 Å². The molecule has 4 heteroatoms. The number of carbonyl (C=O) groups excluding carboxylic acids is 1. The highest BCUT2D eigenvalue weighted by molar-refractivity contribution is 5.93. The number of hydrogen-bond donors (Lipinski definition) is 2. The molecule has 0 saturated heterocycles. The number of carbonyl (C=O) groups is 1. The number of aryl methyl sites for hydroxylation is 2. The molecular weight excluding hydrogens is 262 g/mol. The Balaban J connectivity index is 2.67. The van der Waals surface area contributed by atoms with Crippen LogP contribution in [0.5, 0.6) is 0 Å². The summed E-state index contributed by atoms with van der Waals surface area (Å²) in [5, 5.41) is 3.04. The van der Waals surface area contributed by atoms with Crippen LogP contribution >= 0.6 is 0 Å². The molecule has 0 radical (unpaired) electrons. The minimum atomic E-state index is 0.0227. The molecule has 0 fully saturated rings. The zero-order valence-corrected chi connectivity index (χ0v) is 14.0. The Kier molecular flexibility index (Phi) is 6.37. The third-order valence-electron chi connectivity index (χ3n) is 3.76. The van der Waals surface area contributed by atoms with Crippen molar-refractivity contribution in [2.75, 3.05) is 31.5 Å². The molecule has 0 unspecified atom stereocenters. The second kappa shape index (κ2) is 7.57. The molecule has 0 saturated carbocycles. The van der Waals surface area contributed by atoms with Gasteiger partial charge in [-0.05, 0) is 43.5 Å². The number of likely N-dealkylation sites (N-methyl/N-ethyl adjacent to an activating group) is 1. The van der Waals surface area contributed by atoms with E-state index in [2.05, 4.69) is 31.0 Å². The third-order valence-corrected chi connectivity index (χ3v) is 3.76. The van der Waals surface area contributed by atoms with Gasteiger partial charge in [0.25, 0.3) is 0 Å². The molecule has 0 aromatic heterocycles. The summed E-state index contributed by atoms with van der Waals surface area (Å²) in [4.78, 5) is 14.4. The van der Waals surface area contributed by atoms with Crippen molar-refractivity contribution in [2.24, 2.45) is 11.1 Å². The van der Waals surface area contributed by atoms with Gasteiger partial charge < -0.3 is 11.1 Å². The molecule has 118 valence electrons. The average Bonchev–Trinajstić information content (AvgIpc) is 2.42. The number of hydrogen-bond acceptors (Lipinski definition) is 3. The van der Waals surface area contributed by atoms with Gasteiger partial charge in [0.05, 0.1) is 6.54 Å². The lowest BCUT2D eigenvalue weighted by Gasteiger charge is -2.30. The summed E-state index contributed by atoms with van der Waals surface area (Å²) >= 11 is 0. The second-order valence-corrected chi connectivity index (χ2v) is 6.49. The van der Waals surface area contributed by atoms with Crippen LogP contribution in [0.2, 0.25) is 0 Å². The average molecular weight is 291 g/mol. The van der Waals surface area contributed by atoms with Crippen molar-refractivity contribution in [1.29, 1.82) is 0 Å². The molecule has 0 aliphatic heterocycles. The van der Waals surface area contributed by atoms with Crippen LogP contribution in [-0.4, -0.2) is 37.0 Å². The first-order valence-electron chi connectivity index (χ1n) is 7.57. The molecule has 21 heavy (non-hydrogen) atoms. The van der Waals surface area contributed by atoms with Crippen molar-refractivity contribution in [3.05, 3.63) is 29.3 Å². The predicted molar refractivity (Wildman–Crippen MR) is 89.5 cm³/mol. The number of benzene rings is 1. The van der Waals surface area contributed by atoms with Crippen molar-refractivity contribution in [3.8, 4) is 0 Å². The summed E-state index contributed by atoms with van der Waals surface area (Å²) < 4.78 is 0. The van der Waals surface area contributed by atoms with Gasteiger partial charge in [-0.25, -0.2) is 0 Å². The van der Waals surface area contributed by atoms with Gasteiger partial charge in [-0.1, -0.05) is 39.0 Å². The maximum absolute atomic E-state index is 12.3. The van der Waals surface area contributed by atoms with Gasteiger partial charge in [0, 0.05) is 12.2 Å². The zero-order chi connectivity index (χ0) is 16.0. The van der Waals surface area contributed by atoms with E-state index in [-0.39, 0.29) is 11.3 Å². The Labute approximate surface area is 128 Å². The van der Waals surface area contributed by atoms with Crippen molar-refractivity contribution in [1.82, 2.24) is 4.90 Å². The number of nitrogens with zero attached hydrogens (tertiary/aromatic N) is 1. The normalized spacial score (nSPS) is 11.8. The van der Waals surface area contributed by atoms with E-state index in [1.807, 2.05) is 32.0 Å². The molecule has 0 spiro atoms. The monoisotopic (exact) mass is 291 g/mol. The summed E-state index contributed by atoms with van der Waals surface area (Å²) in [7, 11) is 0. The predicted octanol–water partition coefficient (Wildman–Crippen LogP) is 2.55. The van der Waals surface area contributed by atoms with Crippen molar-refractivity contribution >= 4 is 11.6 Å². The van der Waals surface area contributed by atoms with Crippen molar-refractivity contribution < 1.29 is 4.79 Å². The number of para-hydroxylation sites is 1. The van der Waals surface area contributed by atoms with Gasteiger partial charge in [-0.3, -0.25) is 9.69 Å². The number of nitrogens with one attached hydrogen (secondary N) is 1. The minimum absolute atomic E-state index is 0.0227. The van der Waals surface area contributed by atoms with Crippen LogP contribution in [0.1, 0.15) is 31.9 Å². The van der Waals surface area contributed by atoms with Crippen molar-refractivity contribution in [3.63, 3.8) is 0 Å². The topological polar surface area (TPSA) is 58.4 Å². The van der Waals surface area contributed by atoms with E-state index in [0.29, 0.717) is 13.1 Å². The van der Waals surface area contributed by atoms with Gasteiger partial charge in [0.2, 0.25) is 5.91 Å². The molecule has 3 N–H and O–H groups in total. The molecule has 0 heterocycles. The van der Waals surface area contributed by atoms with E-state index in [0.717, 1.165) is 29.9 Å². The first-order chi connectivity index (χ1) is 9.79. The lowest BCUT2D eigenvalue weighted by Crippen LogP contribution is -2.42. The fourth-order valence-electron chi connectivity index (χ4n) is 2.34. The fourth-order valence-corrected chi connectivity index (χ4v) is 2.34. The maximum Gasteiger partial charge on any atom is 0.238 e. The van der Waals surface area contributed by atoms with E-state index in [1.165, 1.54) is 0 Å². The number of rotatable bonds is 7. The van der Waals surface area contributed by atoms with Crippen LogP contribution in [0.25, 0.3) is 0 Å². The Morgan fingerprint density at radius 2 is 1.86 bits per heavy atom. The Hall–Kier alpha value is -1.39. The molecule has 0 aliphatic carbocycles. The van der Waals surface area contributed by atoms with E-state index in [1.54, 1.807) is 0 Å². The minimum Gasteiger partial charge on any atom is -0.330 e. The molecule has 4 nitrogen and oxygen atoms in total. The highest BCUT2D eigenvalue weighted by Crippen LogP contribution is 2.19. The lowest BCUT2D eigenvalue weighted by molar-refractivity contribution is -0.117. The quantitative estimate of drug-likeness (QED) is 0.811. The first kappa shape index (κ1) is 17.7. The molecule has 1 amide bonds. The molecule has 0 bridgehead atoms. The third kappa shape index (κ3) is 5.48. The highest BCUT2D eigenvalue weighted by Gasteiger charge is 2.21. The summed E-state index contributed by atoms with van der Waals surface area (Å²) in [6.07, 6.45) is 0. The number of nitrogens with two attached hydrogens (primary N) is 1. The van der Waals surface area contributed by atoms with Crippen LogP contribution < -0.4 is 11.1 Å². The molecule has 1 aromatic carbocycles. The Morgan fingerprint density at radius 3 is 2.33 bits per heavy atom. The van der Waals surface area contributed by atoms with Crippen LogP contribution in [0.4, 0.5) is 5.69 Å². The van der Waals surface area contributed by atoms with Crippen LogP contribution in [0.15, 0.2) is 18.2 Å². The Bertz CT molecular complexity index is 463. The largest absolute Gasteiger partial charge is 0.330 e. The molecule has 1 rings (SSSR count). The summed E-state index contributed by atoms with van der Waals surface area (Å²) in [5.74, 6) is 0.0297. The fraction of sp³-hybridized carbons (Fsp3) is 0.588. The van der Waals surface area contributed by atoms with E-state index >= 15 is 0 Å². The van der Waals surface area contributed by atoms with Gasteiger partial charge >= 0.3 is 0 Å². The first-order valence-corrected chi connectivity index (χ1v) is 7.57. The molecule has 0 atom stereocenters. The lowest BCUT2D eigenvalue weighted by atomic mass is 9.93. The smallest absolute Gasteiger partial charge is 0.238 e. The van der Waals surface area contributed by atoms with E-state index in [9.17, 15) is 4.79 Å². The van der Waals surface area contributed by atoms with Gasteiger partial charge in [0.15, 0.2) is 0 Å². The standard InChI is InChI=1S/C17H29N3O/c1-6-20(12-17(4,5)11-18)10-15(21)19-16-13(2)8-7-9-14(16)3/h7-9H,6,10-12,18H2,1-5H3,(H,19,21). The van der Waals surface area contributed by atoms with E-state index in [4.69, 9.17) is 5.73 Å². The zero-order valence-electron chi connectivity index (χ0n) is 14.0. The second-order valence-electron chi connectivity index (χ2n) is 6.49. The summed E-state index contributed by atoms with van der Waals surface area (Å²) in [6.45, 7) is 13.0. The number of anilines is 1. The Morgan fingerprint density at radius 1 is 1.29 bits per heavy atom. The molecule has 1 aromatic rings. The van der Waals surface area contributed by atoms with Gasteiger partial charge in [-0.15, -0.1) is 0 Å². The highest BCUT2D eigenvalue weighted by atomic mass is 16.2. The molecular formula is C17H29N3O. The maximum atomic E-state index is 12.3. The van der Waals surface area contributed by atoms with Gasteiger partial charge in [-0.2, -0.15) is 0 Å². The van der Waals surface area contributed by atoms with E-state index < -0.39 is 0 Å². The van der Waals surface area contributed by atoms with Crippen molar-refractivity contribution in [2.45, 2.75) is 34.6 Å². The molecule has 0 aliphatic rings. The summed E-state index contributed by atoms with van der Waals surface area (Å²) in [6, 6.07) is 6.03. The summed E-state index contributed by atoms with van der Waals surface area (Å²) in [5.41, 5.74) is 8.91.